The van der Waals surface area contributed by atoms with Crippen molar-refractivity contribution in [2.75, 3.05) is 11.1 Å². The van der Waals surface area contributed by atoms with Gasteiger partial charge in [-0.05, 0) is 46.3 Å². The van der Waals surface area contributed by atoms with E-state index in [2.05, 4.69) is 26.2 Å². The average Bonchev–Trinajstić information content (AvgIpc) is 2.25. The first-order valence-electron chi connectivity index (χ1n) is 4.59. The Kier molecular flexibility index (Phi) is 3.05. The highest BCUT2D eigenvalue weighted by Gasteiger charge is 2.04. The van der Waals surface area contributed by atoms with Gasteiger partial charge in [-0.3, -0.25) is 0 Å². The van der Waals surface area contributed by atoms with Gasteiger partial charge in [-0.2, -0.15) is 0 Å². The molecule has 0 aliphatic carbocycles. The van der Waals surface area contributed by atoms with E-state index in [1.54, 1.807) is 24.4 Å². The summed E-state index contributed by atoms with van der Waals surface area (Å²) in [7, 11) is 0. The summed E-state index contributed by atoms with van der Waals surface area (Å²) in [6.07, 6.45) is 1.64. The van der Waals surface area contributed by atoms with Crippen molar-refractivity contribution < 1.29 is 4.39 Å². The maximum atomic E-state index is 12.9. The smallest absolute Gasteiger partial charge is 0.153 e. The third-order valence-electron chi connectivity index (χ3n) is 2.02. The first-order chi connectivity index (χ1) is 7.66. The summed E-state index contributed by atoms with van der Waals surface area (Å²) in [5, 5.41) is 3.02. The maximum absolute atomic E-state index is 12.9. The highest BCUT2D eigenvalue weighted by molar-refractivity contribution is 9.10. The van der Waals surface area contributed by atoms with Crippen LogP contribution in [-0.4, -0.2) is 4.98 Å². The molecule has 5 heteroatoms. The zero-order valence-corrected chi connectivity index (χ0v) is 9.83. The molecule has 1 aromatic heterocycles. The normalized spacial score (nSPS) is 10.1. The second-order valence-corrected chi connectivity index (χ2v) is 4.04. The summed E-state index contributed by atoms with van der Waals surface area (Å²) in [6.45, 7) is 0. The highest BCUT2D eigenvalue weighted by atomic mass is 79.9. The van der Waals surface area contributed by atoms with E-state index in [0.29, 0.717) is 21.7 Å². The standard InChI is InChI=1S/C11H9BrFN3/c12-8-6-7(13)3-4-10(8)16-11-9(14)2-1-5-15-11/h1-6H,14H2,(H,15,16). The van der Waals surface area contributed by atoms with Crippen molar-refractivity contribution in [2.45, 2.75) is 0 Å². The molecule has 0 bridgehead atoms. The minimum atomic E-state index is -0.300. The lowest BCUT2D eigenvalue weighted by Gasteiger charge is -2.09. The monoisotopic (exact) mass is 281 g/mol. The number of benzene rings is 1. The molecular formula is C11H9BrFN3. The van der Waals surface area contributed by atoms with Crippen LogP contribution >= 0.6 is 15.9 Å². The summed E-state index contributed by atoms with van der Waals surface area (Å²) in [5.74, 6) is 0.251. The molecule has 0 radical (unpaired) electrons. The molecule has 82 valence electrons. The van der Waals surface area contributed by atoms with Gasteiger partial charge in [-0.1, -0.05) is 0 Å². The summed E-state index contributed by atoms with van der Waals surface area (Å²) in [5.41, 5.74) is 6.99. The molecule has 2 aromatic rings. The van der Waals surface area contributed by atoms with Crippen LogP contribution in [0.25, 0.3) is 0 Å². The first kappa shape index (κ1) is 10.9. The number of hydrogen-bond acceptors (Lipinski definition) is 3. The van der Waals surface area contributed by atoms with E-state index in [1.807, 2.05) is 0 Å². The van der Waals surface area contributed by atoms with Gasteiger partial charge < -0.3 is 11.1 Å². The van der Waals surface area contributed by atoms with Crippen LogP contribution in [0.5, 0.6) is 0 Å². The topological polar surface area (TPSA) is 50.9 Å². The van der Waals surface area contributed by atoms with Crippen LogP contribution in [0.2, 0.25) is 0 Å². The van der Waals surface area contributed by atoms with Gasteiger partial charge in [0.2, 0.25) is 0 Å². The van der Waals surface area contributed by atoms with Crippen molar-refractivity contribution in [3.63, 3.8) is 0 Å². The van der Waals surface area contributed by atoms with Crippen LogP contribution in [0.3, 0.4) is 0 Å². The molecule has 1 aromatic carbocycles. The Bertz CT molecular complexity index is 516. The number of pyridine rings is 1. The van der Waals surface area contributed by atoms with E-state index in [-0.39, 0.29) is 5.82 Å². The van der Waals surface area contributed by atoms with Gasteiger partial charge in [-0.25, -0.2) is 9.37 Å². The lowest BCUT2D eigenvalue weighted by atomic mass is 10.3. The van der Waals surface area contributed by atoms with E-state index >= 15 is 0 Å². The van der Waals surface area contributed by atoms with E-state index in [1.165, 1.54) is 12.1 Å². The summed E-state index contributed by atoms with van der Waals surface area (Å²) in [4.78, 5) is 4.09. The number of nitrogens with zero attached hydrogens (tertiary/aromatic N) is 1. The number of nitrogens with two attached hydrogens (primary N) is 1. The van der Waals surface area contributed by atoms with Gasteiger partial charge in [-0.15, -0.1) is 0 Å². The fourth-order valence-corrected chi connectivity index (χ4v) is 1.69. The molecule has 0 spiro atoms. The molecule has 2 rings (SSSR count). The number of halogens is 2. The Balaban J connectivity index is 2.31. The maximum Gasteiger partial charge on any atom is 0.153 e. The predicted octanol–water partition coefficient (Wildman–Crippen LogP) is 3.31. The molecular weight excluding hydrogens is 273 g/mol. The van der Waals surface area contributed by atoms with E-state index in [0.717, 1.165) is 0 Å². The molecule has 0 amide bonds. The quantitative estimate of drug-likeness (QED) is 0.888. The summed E-state index contributed by atoms with van der Waals surface area (Å²) >= 11 is 3.26. The van der Waals surface area contributed by atoms with Gasteiger partial charge in [0.15, 0.2) is 5.82 Å². The van der Waals surface area contributed by atoms with Crippen molar-refractivity contribution in [2.24, 2.45) is 0 Å². The van der Waals surface area contributed by atoms with Crippen molar-refractivity contribution in [3.05, 3.63) is 46.8 Å². The predicted molar refractivity (Wildman–Crippen MR) is 66.0 cm³/mol. The molecule has 3 nitrogen and oxygen atoms in total. The number of nitrogens with one attached hydrogen (secondary N) is 1. The number of anilines is 3. The van der Waals surface area contributed by atoms with Gasteiger partial charge in [0, 0.05) is 10.7 Å². The molecule has 1 heterocycles. The van der Waals surface area contributed by atoms with Crippen LogP contribution in [0.15, 0.2) is 41.0 Å². The third-order valence-corrected chi connectivity index (χ3v) is 2.68. The fraction of sp³-hybridized carbons (Fsp3) is 0. The second-order valence-electron chi connectivity index (χ2n) is 3.19. The van der Waals surface area contributed by atoms with Gasteiger partial charge in [0.1, 0.15) is 5.82 Å². The zero-order valence-electron chi connectivity index (χ0n) is 8.24. The molecule has 0 aliphatic heterocycles. The Morgan fingerprint density at radius 1 is 1.31 bits per heavy atom. The molecule has 0 unspecified atom stereocenters. The van der Waals surface area contributed by atoms with Crippen molar-refractivity contribution in [1.29, 1.82) is 0 Å². The molecule has 0 atom stereocenters. The molecule has 16 heavy (non-hydrogen) atoms. The summed E-state index contributed by atoms with van der Waals surface area (Å²) < 4.78 is 13.5. The van der Waals surface area contributed by atoms with Crippen molar-refractivity contribution in [3.8, 4) is 0 Å². The average molecular weight is 282 g/mol. The largest absolute Gasteiger partial charge is 0.396 e. The molecule has 0 fully saturated rings. The van der Waals surface area contributed by atoms with Crippen molar-refractivity contribution in [1.82, 2.24) is 4.98 Å². The van der Waals surface area contributed by atoms with Crippen LogP contribution in [-0.2, 0) is 0 Å². The number of rotatable bonds is 2. The minimum Gasteiger partial charge on any atom is -0.396 e. The Labute approximate surface area is 101 Å². The van der Waals surface area contributed by atoms with Gasteiger partial charge in [0.25, 0.3) is 0 Å². The van der Waals surface area contributed by atoms with Gasteiger partial charge in [0.05, 0.1) is 11.4 Å². The second kappa shape index (κ2) is 4.49. The van der Waals surface area contributed by atoms with Crippen LogP contribution in [0.1, 0.15) is 0 Å². The minimum absolute atomic E-state index is 0.300. The van der Waals surface area contributed by atoms with Crippen molar-refractivity contribution >= 4 is 33.1 Å². The van der Waals surface area contributed by atoms with Crippen LogP contribution in [0.4, 0.5) is 21.6 Å². The highest BCUT2D eigenvalue weighted by Crippen LogP contribution is 2.27. The fourth-order valence-electron chi connectivity index (χ4n) is 1.24. The lowest BCUT2D eigenvalue weighted by molar-refractivity contribution is 0.627. The number of hydrogen-bond donors (Lipinski definition) is 2. The Hall–Kier alpha value is -1.62. The molecule has 0 saturated heterocycles. The van der Waals surface area contributed by atoms with Crippen LogP contribution < -0.4 is 11.1 Å². The Morgan fingerprint density at radius 3 is 2.81 bits per heavy atom. The van der Waals surface area contributed by atoms with E-state index in [9.17, 15) is 4.39 Å². The first-order valence-corrected chi connectivity index (χ1v) is 5.38. The number of nitrogen functional groups attached to an aromatic ring is 1. The molecule has 0 aliphatic rings. The summed E-state index contributed by atoms with van der Waals surface area (Å²) in [6, 6.07) is 7.86. The van der Waals surface area contributed by atoms with E-state index < -0.39 is 0 Å². The number of aromatic nitrogens is 1. The van der Waals surface area contributed by atoms with Gasteiger partial charge >= 0.3 is 0 Å². The zero-order chi connectivity index (χ0) is 11.5. The SMILES string of the molecule is Nc1cccnc1Nc1ccc(F)cc1Br. The molecule has 0 saturated carbocycles. The lowest BCUT2D eigenvalue weighted by Crippen LogP contribution is -1.99. The third kappa shape index (κ3) is 2.30. The molecule has 3 N–H and O–H groups in total. The Morgan fingerprint density at radius 2 is 2.12 bits per heavy atom. The van der Waals surface area contributed by atoms with Crippen LogP contribution in [0, 0.1) is 5.82 Å². The van der Waals surface area contributed by atoms with E-state index in [4.69, 9.17) is 5.73 Å².